The monoisotopic (exact) mass is 293 g/mol. The standard InChI is InChI=1S/C15H13NO4.Na/c1-20-13-8-4-10(5-9-13)14(17)16-12-6-2-11(3-7-12)15(18)19;/h2-9H,1H3,(H,16,17)(H,18,19);/q;+1/p-1. The van der Waals surface area contributed by atoms with Gasteiger partial charge in [-0.1, -0.05) is 12.1 Å². The molecule has 102 valence electrons. The predicted octanol–water partition coefficient (Wildman–Crippen LogP) is -1.68. The van der Waals surface area contributed by atoms with Crippen molar-refractivity contribution >= 4 is 17.6 Å². The number of benzene rings is 2. The third-order valence-electron chi connectivity index (χ3n) is 2.73. The summed E-state index contributed by atoms with van der Waals surface area (Å²) in [4.78, 5) is 22.6. The van der Waals surface area contributed by atoms with E-state index in [-0.39, 0.29) is 41.0 Å². The summed E-state index contributed by atoms with van der Waals surface area (Å²) in [6, 6.07) is 12.4. The number of carbonyl (C=O) groups excluding carboxylic acids is 2. The molecule has 5 nitrogen and oxygen atoms in total. The van der Waals surface area contributed by atoms with Gasteiger partial charge in [0.05, 0.1) is 13.1 Å². The minimum absolute atomic E-state index is 0. The Morgan fingerprint density at radius 2 is 1.48 bits per heavy atom. The first-order valence-corrected chi connectivity index (χ1v) is 5.87. The van der Waals surface area contributed by atoms with E-state index in [0.29, 0.717) is 17.0 Å². The quantitative estimate of drug-likeness (QED) is 0.683. The fraction of sp³-hybridized carbons (Fsp3) is 0.0667. The summed E-state index contributed by atoms with van der Waals surface area (Å²) in [6.07, 6.45) is 0. The first kappa shape index (κ1) is 17.2. The van der Waals surface area contributed by atoms with E-state index in [1.165, 1.54) is 24.3 Å². The summed E-state index contributed by atoms with van der Waals surface area (Å²) >= 11 is 0. The van der Waals surface area contributed by atoms with E-state index in [2.05, 4.69) is 5.32 Å². The summed E-state index contributed by atoms with van der Waals surface area (Å²) in [5.74, 6) is -0.869. The first-order chi connectivity index (χ1) is 9.60. The number of carboxylic acid groups (broad SMARTS) is 1. The minimum atomic E-state index is -1.25. The maximum Gasteiger partial charge on any atom is 1.00 e. The topological polar surface area (TPSA) is 78.5 Å². The molecule has 2 aromatic rings. The Labute approximate surface area is 144 Å². The van der Waals surface area contributed by atoms with E-state index < -0.39 is 5.97 Å². The average Bonchev–Trinajstić information content (AvgIpc) is 2.48. The Kier molecular flexibility index (Phi) is 6.42. The summed E-state index contributed by atoms with van der Waals surface area (Å²) in [5, 5.41) is 13.3. The van der Waals surface area contributed by atoms with Crippen LogP contribution in [0.3, 0.4) is 0 Å². The van der Waals surface area contributed by atoms with Crippen molar-refractivity contribution in [2.75, 3.05) is 12.4 Å². The van der Waals surface area contributed by atoms with Gasteiger partial charge in [-0.2, -0.15) is 0 Å². The molecule has 21 heavy (non-hydrogen) atoms. The van der Waals surface area contributed by atoms with Crippen LogP contribution in [0.25, 0.3) is 0 Å². The van der Waals surface area contributed by atoms with Gasteiger partial charge in [-0.15, -0.1) is 0 Å². The van der Waals surface area contributed by atoms with Gasteiger partial charge in [-0.25, -0.2) is 0 Å². The zero-order chi connectivity index (χ0) is 14.5. The van der Waals surface area contributed by atoms with Crippen LogP contribution in [0.4, 0.5) is 5.69 Å². The predicted molar refractivity (Wildman–Crippen MR) is 71.7 cm³/mol. The first-order valence-electron chi connectivity index (χ1n) is 5.87. The molecule has 0 radical (unpaired) electrons. The van der Waals surface area contributed by atoms with Crippen molar-refractivity contribution in [3.8, 4) is 5.75 Å². The van der Waals surface area contributed by atoms with Crippen molar-refractivity contribution in [2.24, 2.45) is 0 Å². The minimum Gasteiger partial charge on any atom is -0.545 e. The number of nitrogens with one attached hydrogen (secondary N) is 1. The number of amides is 1. The van der Waals surface area contributed by atoms with Crippen LogP contribution >= 0.6 is 0 Å². The van der Waals surface area contributed by atoms with Gasteiger partial charge in [-0.3, -0.25) is 4.79 Å². The van der Waals surface area contributed by atoms with Crippen molar-refractivity contribution in [2.45, 2.75) is 0 Å². The second-order valence-corrected chi connectivity index (χ2v) is 4.05. The van der Waals surface area contributed by atoms with Crippen LogP contribution < -0.4 is 44.7 Å². The number of hydrogen-bond acceptors (Lipinski definition) is 4. The second kappa shape index (κ2) is 7.83. The third kappa shape index (κ3) is 4.60. The van der Waals surface area contributed by atoms with E-state index in [1.54, 1.807) is 31.4 Å². The maximum atomic E-state index is 12.0. The molecule has 0 aromatic heterocycles. The van der Waals surface area contributed by atoms with Gasteiger partial charge in [-0.05, 0) is 42.0 Å². The molecule has 0 saturated carbocycles. The maximum absolute atomic E-state index is 12.0. The van der Waals surface area contributed by atoms with Gasteiger partial charge in [0.2, 0.25) is 0 Å². The second-order valence-electron chi connectivity index (χ2n) is 4.05. The molecule has 2 aromatic carbocycles. The Bertz CT molecular complexity index is 623. The number of rotatable bonds is 4. The van der Waals surface area contributed by atoms with Gasteiger partial charge in [0.1, 0.15) is 5.75 Å². The largest absolute Gasteiger partial charge is 1.00 e. The van der Waals surface area contributed by atoms with Crippen LogP contribution in [0.5, 0.6) is 5.75 Å². The van der Waals surface area contributed by atoms with Crippen molar-refractivity contribution in [1.82, 2.24) is 0 Å². The number of ether oxygens (including phenoxy) is 1. The molecule has 0 aliphatic rings. The zero-order valence-electron chi connectivity index (χ0n) is 11.8. The molecule has 2 rings (SSSR count). The molecule has 0 aliphatic carbocycles. The van der Waals surface area contributed by atoms with Crippen LogP contribution in [0.1, 0.15) is 20.7 Å². The summed E-state index contributed by atoms with van der Waals surface area (Å²) in [5.41, 5.74) is 1.05. The van der Waals surface area contributed by atoms with Gasteiger partial charge in [0.15, 0.2) is 0 Å². The van der Waals surface area contributed by atoms with Gasteiger partial charge in [0, 0.05) is 11.3 Å². The van der Waals surface area contributed by atoms with Crippen LogP contribution in [0.15, 0.2) is 48.5 Å². The fourth-order valence-electron chi connectivity index (χ4n) is 1.64. The van der Waals surface area contributed by atoms with Crippen molar-refractivity contribution in [1.29, 1.82) is 0 Å². The molecular weight excluding hydrogens is 281 g/mol. The van der Waals surface area contributed by atoms with Gasteiger partial charge in [0.25, 0.3) is 5.91 Å². The number of anilines is 1. The summed E-state index contributed by atoms with van der Waals surface area (Å²) in [6.45, 7) is 0. The molecule has 6 heteroatoms. The molecular formula is C15H12NNaO4. The number of hydrogen-bond donors (Lipinski definition) is 1. The van der Waals surface area contributed by atoms with E-state index in [1.807, 2.05) is 0 Å². The van der Waals surface area contributed by atoms with Gasteiger partial charge >= 0.3 is 29.6 Å². The summed E-state index contributed by atoms with van der Waals surface area (Å²) < 4.78 is 5.01. The van der Waals surface area contributed by atoms with Crippen LogP contribution in [-0.4, -0.2) is 19.0 Å². The Balaban J connectivity index is 0.00000220. The molecule has 0 heterocycles. The fourth-order valence-corrected chi connectivity index (χ4v) is 1.64. The Morgan fingerprint density at radius 3 is 1.95 bits per heavy atom. The number of methoxy groups -OCH3 is 1. The Morgan fingerprint density at radius 1 is 0.952 bits per heavy atom. The van der Waals surface area contributed by atoms with Crippen molar-refractivity contribution in [3.05, 3.63) is 59.7 Å². The molecule has 0 fully saturated rings. The van der Waals surface area contributed by atoms with Crippen LogP contribution in [0.2, 0.25) is 0 Å². The summed E-state index contributed by atoms with van der Waals surface area (Å²) in [7, 11) is 1.55. The molecule has 0 aliphatic heterocycles. The average molecular weight is 293 g/mol. The number of aromatic carboxylic acids is 1. The SMILES string of the molecule is COc1ccc(C(=O)Nc2ccc(C(=O)[O-])cc2)cc1.[Na+]. The number of carboxylic acids is 1. The van der Waals surface area contributed by atoms with Crippen molar-refractivity contribution < 1.29 is 49.0 Å². The zero-order valence-corrected chi connectivity index (χ0v) is 13.8. The molecule has 1 amide bonds. The molecule has 1 N–H and O–H groups in total. The molecule has 0 bridgehead atoms. The van der Waals surface area contributed by atoms with E-state index in [9.17, 15) is 14.7 Å². The van der Waals surface area contributed by atoms with E-state index in [4.69, 9.17) is 4.74 Å². The Hall–Kier alpha value is -1.82. The van der Waals surface area contributed by atoms with E-state index in [0.717, 1.165) is 0 Å². The number of carbonyl (C=O) groups is 2. The molecule has 0 spiro atoms. The molecule has 0 saturated heterocycles. The molecule has 0 atom stereocenters. The van der Waals surface area contributed by atoms with Crippen LogP contribution in [-0.2, 0) is 0 Å². The third-order valence-corrected chi connectivity index (χ3v) is 2.73. The van der Waals surface area contributed by atoms with Crippen LogP contribution in [0, 0.1) is 0 Å². The van der Waals surface area contributed by atoms with Gasteiger partial charge < -0.3 is 20.0 Å². The normalized spacial score (nSPS) is 9.38. The molecule has 0 unspecified atom stereocenters. The smallest absolute Gasteiger partial charge is 0.545 e. The van der Waals surface area contributed by atoms with Crippen molar-refractivity contribution in [3.63, 3.8) is 0 Å². The van der Waals surface area contributed by atoms with E-state index >= 15 is 0 Å².